The fraction of sp³-hybridized carbons (Fsp3) is 0.579. The number of carboxylic acid groups (broad SMARTS) is 1. The van der Waals surface area contributed by atoms with E-state index in [0.29, 0.717) is 0 Å². The van der Waals surface area contributed by atoms with E-state index < -0.39 is 17.7 Å². The lowest BCUT2D eigenvalue weighted by molar-refractivity contribution is -0.138. The van der Waals surface area contributed by atoms with Gasteiger partial charge in [0.25, 0.3) is 0 Å². The van der Waals surface area contributed by atoms with Crippen molar-refractivity contribution in [3.8, 4) is 0 Å². The number of carbonyl (C=O) groups is 1. The Bertz CT molecular complexity index is 608. The minimum absolute atomic E-state index is 0.0555. The molecule has 25 heavy (non-hydrogen) atoms. The largest absolute Gasteiger partial charge is 0.481 e. The molecule has 2 unspecified atom stereocenters. The summed E-state index contributed by atoms with van der Waals surface area (Å²) in [6.45, 7) is 2.01. The second-order valence-electron chi connectivity index (χ2n) is 6.59. The van der Waals surface area contributed by atoms with Gasteiger partial charge >= 0.3 is 12.1 Å². The van der Waals surface area contributed by atoms with Crippen LogP contribution >= 0.6 is 0 Å². The summed E-state index contributed by atoms with van der Waals surface area (Å²) in [5.41, 5.74) is 0.995. The summed E-state index contributed by atoms with van der Waals surface area (Å²) in [6.07, 6.45) is 0.887. The first-order valence-electron chi connectivity index (χ1n) is 8.76. The molecule has 0 bridgehead atoms. The predicted octanol–water partition coefficient (Wildman–Crippen LogP) is 5.65. The Hall–Kier alpha value is -1.85. The van der Waals surface area contributed by atoms with E-state index in [1.165, 1.54) is 12.1 Å². The van der Waals surface area contributed by atoms with Crippen LogP contribution in [0.25, 0.3) is 0 Å². The first kappa shape index (κ1) is 19.5. The molecule has 1 saturated carbocycles. The molecule has 0 amide bonds. The van der Waals surface area contributed by atoms with E-state index in [9.17, 15) is 18.0 Å². The fourth-order valence-corrected chi connectivity index (χ4v) is 3.34. The van der Waals surface area contributed by atoms with Crippen LogP contribution in [-0.2, 0) is 11.0 Å². The number of hydrogen-bond donors (Lipinski definition) is 1. The van der Waals surface area contributed by atoms with Crippen molar-refractivity contribution in [2.75, 3.05) is 0 Å². The molecule has 1 N–H and O–H groups in total. The summed E-state index contributed by atoms with van der Waals surface area (Å²) in [7, 11) is 0. The maximum atomic E-state index is 12.7. The third-order valence-electron chi connectivity index (χ3n) is 4.63. The quantitative estimate of drug-likeness (QED) is 0.716. The van der Waals surface area contributed by atoms with Crippen LogP contribution in [0.5, 0.6) is 0 Å². The van der Waals surface area contributed by atoms with E-state index in [2.05, 4.69) is 0 Å². The Morgan fingerprint density at radius 2 is 1.96 bits per heavy atom. The third kappa shape index (κ3) is 5.58. The summed E-state index contributed by atoms with van der Waals surface area (Å²) in [6, 6.07) is 4.95. The number of aliphatic imine (C=N–C) groups is 1. The lowest BCUT2D eigenvalue weighted by Crippen LogP contribution is -2.23. The predicted molar refractivity (Wildman–Crippen MR) is 90.7 cm³/mol. The Labute approximate surface area is 146 Å². The summed E-state index contributed by atoms with van der Waals surface area (Å²) in [4.78, 5) is 15.9. The molecule has 1 aliphatic carbocycles. The highest BCUT2D eigenvalue weighted by atomic mass is 19.4. The number of carboxylic acids is 1. The van der Waals surface area contributed by atoms with E-state index in [1.807, 2.05) is 6.92 Å². The summed E-state index contributed by atoms with van der Waals surface area (Å²) >= 11 is 0. The number of alkyl halides is 3. The summed E-state index contributed by atoms with van der Waals surface area (Å²) in [5.74, 6) is -0.888. The molecular weight excluding hydrogens is 331 g/mol. The molecule has 0 heterocycles. The van der Waals surface area contributed by atoms with Crippen LogP contribution in [0.3, 0.4) is 0 Å². The molecule has 0 aliphatic heterocycles. The van der Waals surface area contributed by atoms with Crippen molar-refractivity contribution in [2.24, 2.45) is 10.9 Å². The van der Waals surface area contributed by atoms with Crippen LogP contribution in [0.2, 0.25) is 0 Å². The Morgan fingerprint density at radius 3 is 2.52 bits per heavy atom. The Morgan fingerprint density at radius 1 is 1.28 bits per heavy atom. The van der Waals surface area contributed by atoms with Crippen molar-refractivity contribution in [3.05, 3.63) is 35.4 Å². The Balaban J connectivity index is 2.25. The highest BCUT2D eigenvalue weighted by molar-refractivity contribution is 5.90. The SMILES string of the molecule is CCCC(/N=C1\CCCCC1CC(=O)O)c1ccc(C(F)(F)F)cc1. The van der Waals surface area contributed by atoms with Crippen molar-refractivity contribution in [2.45, 2.75) is 64.1 Å². The van der Waals surface area contributed by atoms with Crippen molar-refractivity contribution in [3.63, 3.8) is 0 Å². The zero-order valence-corrected chi connectivity index (χ0v) is 14.4. The van der Waals surface area contributed by atoms with Gasteiger partial charge in [0, 0.05) is 11.6 Å². The first-order valence-corrected chi connectivity index (χ1v) is 8.76. The van der Waals surface area contributed by atoms with Crippen LogP contribution in [0.1, 0.15) is 69.0 Å². The van der Waals surface area contributed by atoms with Gasteiger partial charge < -0.3 is 5.11 Å². The zero-order chi connectivity index (χ0) is 18.4. The Kier molecular flexibility index (Phi) is 6.62. The molecule has 2 rings (SSSR count). The number of nitrogens with zero attached hydrogens (tertiary/aromatic N) is 1. The maximum Gasteiger partial charge on any atom is 0.416 e. The molecule has 6 heteroatoms. The molecule has 138 valence electrons. The van der Waals surface area contributed by atoms with Gasteiger partial charge in [-0.15, -0.1) is 0 Å². The average Bonchev–Trinajstić information content (AvgIpc) is 2.55. The average molecular weight is 355 g/mol. The van der Waals surface area contributed by atoms with Gasteiger partial charge in [-0.2, -0.15) is 13.2 Å². The number of halogens is 3. The lowest BCUT2D eigenvalue weighted by Gasteiger charge is -2.25. The van der Waals surface area contributed by atoms with E-state index in [1.54, 1.807) is 0 Å². The molecule has 1 aromatic carbocycles. The second-order valence-corrected chi connectivity index (χ2v) is 6.59. The van der Waals surface area contributed by atoms with Gasteiger partial charge in [0.1, 0.15) is 0 Å². The maximum absolute atomic E-state index is 12.7. The molecule has 1 fully saturated rings. The summed E-state index contributed by atoms with van der Waals surface area (Å²) < 4.78 is 38.2. The monoisotopic (exact) mass is 355 g/mol. The number of rotatable bonds is 6. The van der Waals surface area contributed by atoms with Gasteiger partial charge in [0.05, 0.1) is 18.0 Å². The topological polar surface area (TPSA) is 49.7 Å². The normalized spacial score (nSPS) is 21.3. The smallest absolute Gasteiger partial charge is 0.416 e. The van der Waals surface area contributed by atoms with Gasteiger partial charge in [-0.05, 0) is 43.4 Å². The van der Waals surface area contributed by atoms with Crippen molar-refractivity contribution >= 4 is 11.7 Å². The van der Waals surface area contributed by atoms with E-state index in [0.717, 1.165) is 61.9 Å². The minimum atomic E-state index is -4.35. The van der Waals surface area contributed by atoms with E-state index in [4.69, 9.17) is 10.1 Å². The van der Waals surface area contributed by atoms with Gasteiger partial charge in [0.15, 0.2) is 0 Å². The van der Waals surface area contributed by atoms with Crippen LogP contribution in [0.15, 0.2) is 29.3 Å². The molecule has 1 aromatic rings. The number of benzene rings is 1. The fourth-order valence-electron chi connectivity index (χ4n) is 3.34. The highest BCUT2D eigenvalue weighted by Gasteiger charge is 2.30. The van der Waals surface area contributed by atoms with Crippen LogP contribution in [0.4, 0.5) is 13.2 Å². The van der Waals surface area contributed by atoms with Gasteiger partial charge in [-0.25, -0.2) is 0 Å². The van der Waals surface area contributed by atoms with E-state index in [-0.39, 0.29) is 18.4 Å². The first-order chi connectivity index (χ1) is 11.8. The molecule has 0 aromatic heterocycles. The molecule has 2 atom stereocenters. The number of hydrogen-bond acceptors (Lipinski definition) is 2. The molecular formula is C19H24F3NO2. The molecule has 0 saturated heterocycles. The van der Waals surface area contributed by atoms with Crippen molar-refractivity contribution in [1.82, 2.24) is 0 Å². The summed E-state index contributed by atoms with van der Waals surface area (Å²) in [5, 5.41) is 9.08. The van der Waals surface area contributed by atoms with Crippen LogP contribution in [-0.4, -0.2) is 16.8 Å². The van der Waals surface area contributed by atoms with Gasteiger partial charge in [-0.1, -0.05) is 31.9 Å². The molecule has 0 spiro atoms. The second kappa shape index (κ2) is 8.50. The zero-order valence-electron chi connectivity index (χ0n) is 14.4. The molecule has 0 radical (unpaired) electrons. The molecule has 1 aliphatic rings. The van der Waals surface area contributed by atoms with Gasteiger partial charge in [0.2, 0.25) is 0 Å². The minimum Gasteiger partial charge on any atom is -0.481 e. The van der Waals surface area contributed by atoms with Crippen molar-refractivity contribution in [1.29, 1.82) is 0 Å². The van der Waals surface area contributed by atoms with Crippen molar-refractivity contribution < 1.29 is 23.1 Å². The molecule has 3 nitrogen and oxygen atoms in total. The highest BCUT2D eigenvalue weighted by Crippen LogP contribution is 2.33. The van der Waals surface area contributed by atoms with Crippen LogP contribution < -0.4 is 0 Å². The lowest BCUT2D eigenvalue weighted by atomic mass is 9.84. The number of aliphatic carboxylic acids is 1. The third-order valence-corrected chi connectivity index (χ3v) is 4.63. The standard InChI is InChI=1S/C19H24F3NO2/c1-2-5-16(13-8-10-15(11-9-13)19(20,21)22)23-17-7-4-3-6-14(17)12-18(24)25/h8-11,14,16H,2-7,12H2,1H3,(H,24,25)/b23-17+. The van der Waals surface area contributed by atoms with Gasteiger partial charge in [-0.3, -0.25) is 9.79 Å². The van der Waals surface area contributed by atoms with Crippen LogP contribution in [0, 0.1) is 5.92 Å². The van der Waals surface area contributed by atoms with E-state index >= 15 is 0 Å².